The number of likely N-dealkylation sites (N-methyl/N-ethyl adjacent to an activating group) is 1. The quantitative estimate of drug-likeness (QED) is 0.875. The molecular weight excluding hydrogens is 294 g/mol. The van der Waals surface area contributed by atoms with Crippen LogP contribution in [-0.4, -0.2) is 48.4 Å². The van der Waals surface area contributed by atoms with Gasteiger partial charge >= 0.3 is 0 Å². The number of rotatable bonds is 6. The molecule has 112 valence electrons. The normalized spacial score (nSPS) is 16.9. The Hall–Kier alpha value is -0.620. The Morgan fingerprint density at radius 1 is 1.50 bits per heavy atom. The molecule has 2 heterocycles. The molecule has 1 aliphatic heterocycles. The van der Waals surface area contributed by atoms with Crippen molar-refractivity contribution in [1.82, 2.24) is 9.80 Å². The van der Waals surface area contributed by atoms with Crippen molar-refractivity contribution in [3.05, 3.63) is 21.3 Å². The lowest BCUT2D eigenvalue weighted by molar-refractivity contribution is -0.131. The molecule has 2 rings (SSSR count). The number of amides is 1. The first-order valence-electron chi connectivity index (χ1n) is 7.02. The first-order chi connectivity index (χ1) is 9.60. The third-order valence-corrected chi connectivity index (χ3v) is 5.01. The number of carbonyl (C=O) groups excluding carboxylic acids is 1. The highest BCUT2D eigenvalue weighted by atomic mass is 35.5. The maximum Gasteiger partial charge on any atom is 0.224 e. The van der Waals surface area contributed by atoms with Crippen LogP contribution >= 0.6 is 22.9 Å². The van der Waals surface area contributed by atoms with Crippen molar-refractivity contribution < 1.29 is 4.79 Å². The molecule has 4 nitrogen and oxygen atoms in total. The first kappa shape index (κ1) is 15.8. The summed E-state index contributed by atoms with van der Waals surface area (Å²) in [6, 6.07) is 4.02. The molecule has 20 heavy (non-hydrogen) atoms. The van der Waals surface area contributed by atoms with Crippen LogP contribution in [0.1, 0.15) is 24.1 Å². The topological polar surface area (TPSA) is 49.6 Å². The van der Waals surface area contributed by atoms with E-state index < -0.39 is 0 Å². The average molecular weight is 316 g/mol. The summed E-state index contributed by atoms with van der Waals surface area (Å²) in [6.07, 6.45) is 2.76. The molecule has 6 heteroatoms. The zero-order chi connectivity index (χ0) is 14.5. The van der Waals surface area contributed by atoms with E-state index in [1.807, 2.05) is 24.1 Å². The van der Waals surface area contributed by atoms with E-state index in [0.717, 1.165) is 36.8 Å². The summed E-state index contributed by atoms with van der Waals surface area (Å²) in [4.78, 5) is 17.5. The van der Waals surface area contributed by atoms with Crippen molar-refractivity contribution >= 4 is 28.8 Å². The summed E-state index contributed by atoms with van der Waals surface area (Å²) in [6.45, 7) is 3.09. The Balaban J connectivity index is 1.88. The molecule has 1 aliphatic rings. The Morgan fingerprint density at radius 2 is 2.20 bits per heavy atom. The third kappa shape index (κ3) is 4.19. The van der Waals surface area contributed by atoms with E-state index >= 15 is 0 Å². The zero-order valence-electron chi connectivity index (χ0n) is 11.8. The van der Waals surface area contributed by atoms with Crippen LogP contribution in [0.15, 0.2) is 12.1 Å². The number of hydrogen-bond donors (Lipinski definition) is 1. The molecule has 0 aromatic carbocycles. The molecule has 0 bridgehead atoms. The number of nitrogens with zero attached hydrogens (tertiary/aromatic N) is 2. The number of nitrogens with two attached hydrogens (primary N) is 1. The van der Waals surface area contributed by atoms with Crippen molar-refractivity contribution in [3.63, 3.8) is 0 Å². The molecule has 0 spiro atoms. The van der Waals surface area contributed by atoms with Crippen LogP contribution in [0.4, 0.5) is 0 Å². The fourth-order valence-electron chi connectivity index (χ4n) is 2.53. The number of hydrogen-bond acceptors (Lipinski definition) is 4. The second-order valence-corrected chi connectivity index (χ2v) is 7.10. The molecule has 0 aliphatic carbocycles. The lowest BCUT2D eigenvalue weighted by Gasteiger charge is -2.27. The van der Waals surface area contributed by atoms with Crippen LogP contribution in [0.5, 0.6) is 0 Å². The van der Waals surface area contributed by atoms with E-state index in [2.05, 4.69) is 4.90 Å². The SMILES string of the molecule is CN(Cc1ccc(Cl)s1)C(CN)CC(=O)N1CCCC1. The van der Waals surface area contributed by atoms with Gasteiger partial charge in [0, 0.05) is 43.5 Å². The van der Waals surface area contributed by atoms with Crippen molar-refractivity contribution in [2.45, 2.75) is 31.8 Å². The van der Waals surface area contributed by atoms with E-state index in [1.165, 1.54) is 4.88 Å². The molecule has 1 atom stereocenters. The number of likely N-dealkylation sites (tertiary alicyclic amines) is 1. The Kier molecular flexibility index (Phi) is 5.84. The van der Waals surface area contributed by atoms with Crippen LogP contribution in [0.2, 0.25) is 4.34 Å². The largest absolute Gasteiger partial charge is 0.343 e. The molecule has 0 radical (unpaired) electrons. The maximum atomic E-state index is 12.2. The van der Waals surface area contributed by atoms with E-state index in [0.29, 0.717) is 13.0 Å². The van der Waals surface area contributed by atoms with Gasteiger partial charge in [0.05, 0.1) is 4.34 Å². The van der Waals surface area contributed by atoms with Gasteiger partial charge in [-0.25, -0.2) is 0 Å². The van der Waals surface area contributed by atoms with E-state index in [9.17, 15) is 4.79 Å². The van der Waals surface area contributed by atoms with Gasteiger partial charge in [0.15, 0.2) is 0 Å². The summed E-state index contributed by atoms with van der Waals surface area (Å²) >= 11 is 7.52. The first-order valence-corrected chi connectivity index (χ1v) is 8.22. The number of thiophene rings is 1. The molecule has 0 saturated carbocycles. The van der Waals surface area contributed by atoms with Crippen LogP contribution < -0.4 is 5.73 Å². The number of carbonyl (C=O) groups is 1. The van der Waals surface area contributed by atoms with Gasteiger partial charge in [-0.15, -0.1) is 11.3 Å². The Morgan fingerprint density at radius 3 is 2.75 bits per heavy atom. The predicted molar refractivity (Wildman–Crippen MR) is 84.1 cm³/mol. The molecule has 1 amide bonds. The predicted octanol–water partition coefficient (Wildman–Crippen LogP) is 2.17. The van der Waals surface area contributed by atoms with Gasteiger partial charge in [-0.3, -0.25) is 9.69 Å². The van der Waals surface area contributed by atoms with Crippen LogP contribution in [0.3, 0.4) is 0 Å². The zero-order valence-corrected chi connectivity index (χ0v) is 13.4. The molecule has 1 unspecified atom stereocenters. The van der Waals surface area contributed by atoms with Gasteiger partial charge in [-0.2, -0.15) is 0 Å². The van der Waals surface area contributed by atoms with Crippen LogP contribution in [-0.2, 0) is 11.3 Å². The molecule has 1 aromatic heterocycles. The molecular formula is C14H22ClN3OS. The number of halogens is 1. The highest BCUT2D eigenvalue weighted by Crippen LogP contribution is 2.23. The summed E-state index contributed by atoms with van der Waals surface area (Å²) < 4.78 is 0.797. The summed E-state index contributed by atoms with van der Waals surface area (Å²) in [7, 11) is 2.02. The summed E-state index contributed by atoms with van der Waals surface area (Å²) in [5.41, 5.74) is 5.84. The van der Waals surface area contributed by atoms with Crippen molar-refractivity contribution in [1.29, 1.82) is 0 Å². The highest BCUT2D eigenvalue weighted by molar-refractivity contribution is 7.16. The summed E-state index contributed by atoms with van der Waals surface area (Å²) in [5, 5.41) is 0. The van der Waals surface area contributed by atoms with Gasteiger partial charge in [0.25, 0.3) is 0 Å². The van der Waals surface area contributed by atoms with Crippen LogP contribution in [0, 0.1) is 0 Å². The van der Waals surface area contributed by atoms with Crippen molar-refractivity contribution in [2.75, 3.05) is 26.7 Å². The minimum absolute atomic E-state index is 0.0870. The average Bonchev–Trinajstić information content (AvgIpc) is 3.07. The second-order valence-electron chi connectivity index (χ2n) is 5.30. The monoisotopic (exact) mass is 315 g/mol. The minimum atomic E-state index is 0.0870. The van der Waals surface area contributed by atoms with E-state index in [1.54, 1.807) is 11.3 Å². The second kappa shape index (κ2) is 7.41. The van der Waals surface area contributed by atoms with Crippen molar-refractivity contribution in [2.24, 2.45) is 5.73 Å². The third-order valence-electron chi connectivity index (χ3n) is 3.80. The Labute approximate surface area is 129 Å². The summed E-state index contributed by atoms with van der Waals surface area (Å²) in [5.74, 6) is 0.231. The molecule has 1 fully saturated rings. The molecule has 1 saturated heterocycles. The van der Waals surface area contributed by atoms with Gasteiger partial charge < -0.3 is 10.6 Å². The van der Waals surface area contributed by atoms with Crippen LogP contribution in [0.25, 0.3) is 0 Å². The molecule has 2 N–H and O–H groups in total. The van der Waals surface area contributed by atoms with Gasteiger partial charge in [0.1, 0.15) is 0 Å². The van der Waals surface area contributed by atoms with E-state index in [4.69, 9.17) is 17.3 Å². The minimum Gasteiger partial charge on any atom is -0.343 e. The van der Waals surface area contributed by atoms with Gasteiger partial charge in [0.2, 0.25) is 5.91 Å². The molecule has 1 aromatic rings. The standard InChI is InChI=1S/C14H22ClN3OS/c1-17(10-12-4-5-13(15)20-12)11(9-16)8-14(19)18-6-2-3-7-18/h4-5,11H,2-3,6-10,16H2,1H3. The van der Waals surface area contributed by atoms with Gasteiger partial charge in [-0.05, 0) is 32.0 Å². The van der Waals surface area contributed by atoms with E-state index in [-0.39, 0.29) is 11.9 Å². The maximum absolute atomic E-state index is 12.2. The van der Waals surface area contributed by atoms with Crippen molar-refractivity contribution in [3.8, 4) is 0 Å². The fraction of sp³-hybridized carbons (Fsp3) is 0.643. The fourth-order valence-corrected chi connectivity index (χ4v) is 3.68. The highest BCUT2D eigenvalue weighted by Gasteiger charge is 2.23. The van der Waals surface area contributed by atoms with Gasteiger partial charge in [-0.1, -0.05) is 11.6 Å². The smallest absolute Gasteiger partial charge is 0.224 e. The lowest BCUT2D eigenvalue weighted by atomic mass is 10.1. The lowest BCUT2D eigenvalue weighted by Crippen LogP contribution is -2.42. The Bertz CT molecular complexity index is 445.